The highest BCUT2D eigenvalue weighted by molar-refractivity contribution is 5.48. The van der Waals surface area contributed by atoms with Crippen molar-refractivity contribution in [2.75, 3.05) is 25.1 Å². The highest BCUT2D eigenvalue weighted by Gasteiger charge is 2.27. The number of hydrogen-bond donors (Lipinski definition) is 0. The molecule has 0 unspecified atom stereocenters. The van der Waals surface area contributed by atoms with Gasteiger partial charge in [-0.3, -0.25) is 0 Å². The predicted molar refractivity (Wildman–Crippen MR) is 93.7 cm³/mol. The minimum absolute atomic E-state index is 0.147. The van der Waals surface area contributed by atoms with E-state index in [1.807, 2.05) is 24.3 Å². The molecule has 0 radical (unpaired) electrons. The van der Waals surface area contributed by atoms with Crippen molar-refractivity contribution in [1.82, 2.24) is 4.98 Å². The van der Waals surface area contributed by atoms with E-state index < -0.39 is 0 Å². The summed E-state index contributed by atoms with van der Waals surface area (Å²) in [6.45, 7) is 6.34. The molecule has 6 nitrogen and oxygen atoms in total. The number of benzene rings is 1. The lowest BCUT2D eigenvalue weighted by atomic mass is 9.92. The number of piperidine rings is 1. The van der Waals surface area contributed by atoms with Gasteiger partial charge in [0.25, 0.3) is 0 Å². The van der Waals surface area contributed by atoms with Crippen molar-refractivity contribution < 1.29 is 13.9 Å². The average molecular weight is 341 g/mol. The average Bonchev–Trinajstić information content (AvgIpc) is 3.03. The summed E-state index contributed by atoms with van der Waals surface area (Å²) in [6, 6.07) is 9.53. The van der Waals surface area contributed by atoms with Crippen molar-refractivity contribution in [3.05, 3.63) is 35.9 Å². The van der Waals surface area contributed by atoms with Crippen LogP contribution in [0.15, 0.2) is 28.7 Å². The second kappa shape index (κ2) is 7.47. The van der Waals surface area contributed by atoms with Gasteiger partial charge in [0.1, 0.15) is 6.07 Å². The molecule has 2 aromatic rings. The van der Waals surface area contributed by atoms with Gasteiger partial charge in [0, 0.05) is 13.1 Å². The lowest BCUT2D eigenvalue weighted by Gasteiger charge is -2.34. The second-order valence-corrected chi connectivity index (χ2v) is 6.66. The molecular formula is C19H23N3O3. The van der Waals surface area contributed by atoms with Crippen LogP contribution in [0.3, 0.4) is 0 Å². The van der Waals surface area contributed by atoms with E-state index in [2.05, 4.69) is 29.8 Å². The molecule has 0 bridgehead atoms. The lowest BCUT2D eigenvalue weighted by Crippen LogP contribution is -2.38. The van der Waals surface area contributed by atoms with Crippen LogP contribution in [0.1, 0.15) is 31.9 Å². The Morgan fingerprint density at radius 2 is 1.92 bits per heavy atom. The number of ether oxygens (including phenoxy) is 2. The van der Waals surface area contributed by atoms with Gasteiger partial charge in [0.2, 0.25) is 17.5 Å². The molecule has 132 valence electrons. The normalized spacial score (nSPS) is 20.2. The number of nitrogens with zero attached hydrogens (tertiary/aromatic N) is 3. The Morgan fingerprint density at radius 3 is 2.56 bits per heavy atom. The molecule has 1 aliphatic heterocycles. The predicted octanol–water partition coefficient (Wildman–Crippen LogP) is 3.62. The van der Waals surface area contributed by atoms with E-state index in [1.165, 1.54) is 6.42 Å². The van der Waals surface area contributed by atoms with Gasteiger partial charge in [-0.05, 0) is 30.4 Å². The van der Waals surface area contributed by atoms with Crippen LogP contribution < -0.4 is 14.4 Å². The molecule has 1 fully saturated rings. The molecular weight excluding hydrogens is 318 g/mol. The fourth-order valence-electron chi connectivity index (χ4n) is 3.41. The molecule has 2 atom stereocenters. The van der Waals surface area contributed by atoms with Crippen LogP contribution in [0.25, 0.3) is 0 Å². The van der Waals surface area contributed by atoms with Crippen molar-refractivity contribution in [2.45, 2.75) is 26.9 Å². The van der Waals surface area contributed by atoms with Crippen LogP contribution in [0.4, 0.5) is 5.88 Å². The molecule has 0 aliphatic carbocycles. The number of anilines is 1. The van der Waals surface area contributed by atoms with Crippen LogP contribution in [0, 0.1) is 23.2 Å². The standard InChI is InChI=1S/C19H23N3O3/c1-13-8-14(2)11-22(10-13)19-15(9-20)21-18(25-19)12-24-17-7-5-4-6-16(17)23-3/h4-7,13-14H,8,10-12H2,1-3H3/t13-,14-/m0/s1. The Morgan fingerprint density at radius 1 is 1.24 bits per heavy atom. The third-order valence-electron chi connectivity index (χ3n) is 4.34. The molecule has 3 rings (SSSR count). The smallest absolute Gasteiger partial charge is 0.236 e. The number of hydrogen-bond acceptors (Lipinski definition) is 6. The molecule has 6 heteroatoms. The summed E-state index contributed by atoms with van der Waals surface area (Å²) in [5.41, 5.74) is 0.319. The summed E-state index contributed by atoms with van der Waals surface area (Å²) < 4.78 is 16.9. The highest BCUT2D eigenvalue weighted by atomic mass is 16.5. The Bertz CT molecular complexity index is 756. The van der Waals surface area contributed by atoms with Crippen molar-refractivity contribution >= 4 is 5.88 Å². The van der Waals surface area contributed by atoms with Crippen LogP contribution in [0.2, 0.25) is 0 Å². The van der Waals surface area contributed by atoms with Gasteiger partial charge in [-0.25, -0.2) is 0 Å². The fourth-order valence-corrected chi connectivity index (χ4v) is 3.41. The monoisotopic (exact) mass is 341 g/mol. The minimum atomic E-state index is 0.147. The maximum absolute atomic E-state index is 9.40. The Kier molecular flexibility index (Phi) is 5.13. The molecule has 0 amide bonds. The van der Waals surface area contributed by atoms with E-state index in [-0.39, 0.29) is 6.61 Å². The van der Waals surface area contributed by atoms with Crippen LogP contribution >= 0.6 is 0 Å². The van der Waals surface area contributed by atoms with Crippen LogP contribution in [-0.4, -0.2) is 25.2 Å². The van der Waals surface area contributed by atoms with Gasteiger partial charge >= 0.3 is 0 Å². The molecule has 1 aromatic heterocycles. The Labute approximate surface area is 148 Å². The molecule has 0 spiro atoms. The minimum Gasteiger partial charge on any atom is -0.493 e. The van der Waals surface area contributed by atoms with E-state index >= 15 is 0 Å². The molecule has 0 saturated carbocycles. The SMILES string of the molecule is COc1ccccc1OCc1nc(C#N)c(N2C[C@@H](C)C[C@H](C)C2)o1. The summed E-state index contributed by atoms with van der Waals surface area (Å²) in [6.07, 6.45) is 1.19. The maximum Gasteiger partial charge on any atom is 0.236 e. The van der Waals surface area contributed by atoms with Crippen molar-refractivity contribution in [2.24, 2.45) is 11.8 Å². The topological polar surface area (TPSA) is 71.5 Å². The van der Waals surface area contributed by atoms with Gasteiger partial charge in [-0.1, -0.05) is 26.0 Å². The molecule has 0 N–H and O–H groups in total. The van der Waals surface area contributed by atoms with Gasteiger partial charge in [0.05, 0.1) is 7.11 Å². The highest BCUT2D eigenvalue weighted by Crippen LogP contribution is 2.31. The van der Waals surface area contributed by atoms with E-state index in [4.69, 9.17) is 13.9 Å². The summed E-state index contributed by atoms with van der Waals surface area (Å²) in [4.78, 5) is 6.41. The Hall–Kier alpha value is -2.68. The van der Waals surface area contributed by atoms with Gasteiger partial charge in [-0.15, -0.1) is 0 Å². The number of para-hydroxylation sites is 2. The van der Waals surface area contributed by atoms with Gasteiger partial charge in [-0.2, -0.15) is 10.2 Å². The number of nitriles is 1. The largest absolute Gasteiger partial charge is 0.493 e. The zero-order valence-corrected chi connectivity index (χ0v) is 14.9. The van der Waals surface area contributed by atoms with Crippen molar-refractivity contribution in [3.63, 3.8) is 0 Å². The quantitative estimate of drug-likeness (QED) is 0.827. The summed E-state index contributed by atoms with van der Waals surface area (Å²) in [5, 5.41) is 9.40. The number of methoxy groups -OCH3 is 1. The maximum atomic E-state index is 9.40. The molecule has 2 heterocycles. The zero-order chi connectivity index (χ0) is 17.8. The van der Waals surface area contributed by atoms with Crippen molar-refractivity contribution in [1.29, 1.82) is 5.26 Å². The zero-order valence-electron chi connectivity index (χ0n) is 14.9. The van der Waals surface area contributed by atoms with Crippen LogP contribution in [-0.2, 0) is 6.61 Å². The van der Waals surface area contributed by atoms with E-state index in [0.29, 0.717) is 40.8 Å². The third-order valence-corrected chi connectivity index (χ3v) is 4.34. The summed E-state index contributed by atoms with van der Waals surface area (Å²) in [7, 11) is 1.60. The van der Waals surface area contributed by atoms with Crippen LogP contribution in [0.5, 0.6) is 11.5 Å². The second-order valence-electron chi connectivity index (χ2n) is 6.66. The number of oxazole rings is 1. The first-order chi connectivity index (χ1) is 12.1. The van der Waals surface area contributed by atoms with E-state index in [1.54, 1.807) is 7.11 Å². The lowest BCUT2D eigenvalue weighted by molar-refractivity contribution is 0.248. The summed E-state index contributed by atoms with van der Waals surface area (Å²) in [5.74, 6) is 3.34. The first-order valence-corrected chi connectivity index (χ1v) is 8.51. The molecule has 1 aromatic carbocycles. The summed E-state index contributed by atoms with van der Waals surface area (Å²) >= 11 is 0. The Balaban J connectivity index is 1.75. The molecule has 1 saturated heterocycles. The molecule has 25 heavy (non-hydrogen) atoms. The first-order valence-electron chi connectivity index (χ1n) is 8.51. The third kappa shape index (κ3) is 3.87. The van der Waals surface area contributed by atoms with E-state index in [0.717, 1.165) is 13.1 Å². The van der Waals surface area contributed by atoms with Crippen molar-refractivity contribution in [3.8, 4) is 17.6 Å². The molecule has 1 aliphatic rings. The fraction of sp³-hybridized carbons (Fsp3) is 0.474. The first kappa shape index (κ1) is 17.2. The van der Waals surface area contributed by atoms with Gasteiger partial charge < -0.3 is 18.8 Å². The number of aromatic nitrogens is 1. The van der Waals surface area contributed by atoms with E-state index in [9.17, 15) is 5.26 Å². The van der Waals surface area contributed by atoms with Gasteiger partial charge in [0.15, 0.2) is 18.1 Å². The number of rotatable bonds is 5.